The zero-order chi connectivity index (χ0) is 17.3. The van der Waals surface area contributed by atoms with Gasteiger partial charge in [0, 0.05) is 5.70 Å². The Bertz CT molecular complexity index is 797. The summed E-state index contributed by atoms with van der Waals surface area (Å²) in [5.41, 5.74) is 1.74. The molecule has 0 amide bonds. The van der Waals surface area contributed by atoms with E-state index in [0.29, 0.717) is 29.4 Å². The average Bonchev–Trinajstić information content (AvgIpc) is 2.99. The minimum absolute atomic E-state index is 0.105. The van der Waals surface area contributed by atoms with Crippen LogP contribution in [0.1, 0.15) is 32.4 Å². The van der Waals surface area contributed by atoms with Crippen molar-refractivity contribution >= 4 is 11.9 Å². The summed E-state index contributed by atoms with van der Waals surface area (Å²) in [6, 6.07) is 6.11. The highest BCUT2D eigenvalue weighted by molar-refractivity contribution is 5.92. The van der Waals surface area contributed by atoms with Gasteiger partial charge in [-0.3, -0.25) is 0 Å². The number of allylic oxidation sites excluding steroid dienone is 1. The van der Waals surface area contributed by atoms with Gasteiger partial charge < -0.3 is 15.2 Å². The van der Waals surface area contributed by atoms with Crippen LogP contribution >= 0.6 is 0 Å². The van der Waals surface area contributed by atoms with E-state index in [9.17, 15) is 9.90 Å². The third-order valence-electron chi connectivity index (χ3n) is 3.67. The Morgan fingerprint density at radius 2 is 2.25 bits per heavy atom. The van der Waals surface area contributed by atoms with Crippen molar-refractivity contribution in [2.45, 2.75) is 26.8 Å². The molecule has 8 nitrogen and oxygen atoms in total. The summed E-state index contributed by atoms with van der Waals surface area (Å²) in [5.74, 6) is 0.340. The molecule has 2 heterocycles. The first-order valence-corrected chi connectivity index (χ1v) is 7.69. The lowest BCUT2D eigenvalue weighted by molar-refractivity contribution is -0.140. The van der Waals surface area contributed by atoms with Gasteiger partial charge in [-0.05, 0) is 41.0 Å². The molecule has 24 heavy (non-hydrogen) atoms. The molecule has 1 atom stereocenters. The van der Waals surface area contributed by atoms with E-state index in [1.54, 1.807) is 25.1 Å². The van der Waals surface area contributed by atoms with Gasteiger partial charge in [0.2, 0.25) is 5.95 Å². The van der Waals surface area contributed by atoms with Crippen LogP contribution in [-0.2, 0) is 9.53 Å². The predicted octanol–water partition coefficient (Wildman–Crippen LogP) is 1.87. The number of aromatic hydroxyl groups is 1. The van der Waals surface area contributed by atoms with Crippen molar-refractivity contribution in [3.05, 3.63) is 41.1 Å². The Hall–Kier alpha value is -2.90. The standard InChI is InChI=1S/C16H19N5O3/c1-9(2)8-24-15(23)13-10(3)17-16-18-19-20-21(16)14(13)11-5-4-6-12(22)7-11/h4-7,9,14,22H,8H2,1-3H3,(H,17,18,20). The van der Waals surface area contributed by atoms with Crippen molar-refractivity contribution in [3.63, 3.8) is 0 Å². The van der Waals surface area contributed by atoms with E-state index in [2.05, 4.69) is 20.8 Å². The maximum atomic E-state index is 12.6. The molecule has 0 spiro atoms. The maximum absolute atomic E-state index is 12.6. The van der Waals surface area contributed by atoms with E-state index in [-0.39, 0.29) is 11.7 Å². The van der Waals surface area contributed by atoms with Gasteiger partial charge in [-0.2, -0.15) is 4.68 Å². The number of nitrogens with zero attached hydrogens (tertiary/aromatic N) is 4. The van der Waals surface area contributed by atoms with E-state index in [4.69, 9.17) is 4.74 Å². The van der Waals surface area contributed by atoms with E-state index in [1.165, 1.54) is 4.68 Å². The second kappa shape index (κ2) is 6.31. The third-order valence-corrected chi connectivity index (χ3v) is 3.67. The molecule has 1 aromatic carbocycles. The molecule has 0 fully saturated rings. The van der Waals surface area contributed by atoms with Crippen LogP contribution < -0.4 is 5.32 Å². The van der Waals surface area contributed by atoms with Gasteiger partial charge in [-0.1, -0.05) is 31.1 Å². The maximum Gasteiger partial charge on any atom is 0.338 e. The minimum atomic E-state index is -0.567. The van der Waals surface area contributed by atoms with Crippen LogP contribution in [0, 0.1) is 5.92 Å². The van der Waals surface area contributed by atoms with Gasteiger partial charge in [-0.15, -0.1) is 0 Å². The van der Waals surface area contributed by atoms with Gasteiger partial charge in [0.15, 0.2) is 0 Å². The molecule has 1 aromatic heterocycles. The summed E-state index contributed by atoms with van der Waals surface area (Å²) in [6.07, 6.45) is 0. The molecular formula is C16H19N5O3. The molecule has 3 rings (SSSR count). The number of hydrogen-bond acceptors (Lipinski definition) is 7. The fourth-order valence-electron chi connectivity index (χ4n) is 2.60. The molecule has 1 aliphatic heterocycles. The molecule has 1 aliphatic rings. The lowest BCUT2D eigenvalue weighted by atomic mass is 9.95. The van der Waals surface area contributed by atoms with Crippen molar-refractivity contribution in [1.29, 1.82) is 0 Å². The number of fused-ring (bicyclic) bond motifs is 1. The zero-order valence-corrected chi connectivity index (χ0v) is 13.7. The topological polar surface area (TPSA) is 102 Å². The van der Waals surface area contributed by atoms with Gasteiger partial charge in [-0.25, -0.2) is 4.79 Å². The summed E-state index contributed by atoms with van der Waals surface area (Å²) in [6.45, 7) is 6.05. The first-order valence-electron chi connectivity index (χ1n) is 7.69. The molecule has 8 heteroatoms. The van der Waals surface area contributed by atoms with Crippen molar-refractivity contribution in [2.24, 2.45) is 5.92 Å². The molecule has 1 unspecified atom stereocenters. The number of phenols is 1. The van der Waals surface area contributed by atoms with Crippen molar-refractivity contribution in [2.75, 3.05) is 11.9 Å². The highest BCUT2D eigenvalue weighted by atomic mass is 16.5. The normalized spacial score (nSPS) is 16.8. The summed E-state index contributed by atoms with van der Waals surface area (Å²) >= 11 is 0. The SMILES string of the molecule is CC1=C(C(=O)OCC(C)C)C(c2cccc(O)c2)n2nnnc2N1. The Morgan fingerprint density at radius 1 is 1.46 bits per heavy atom. The van der Waals surface area contributed by atoms with Crippen molar-refractivity contribution in [1.82, 2.24) is 20.2 Å². The Morgan fingerprint density at radius 3 is 2.96 bits per heavy atom. The number of tetrazole rings is 1. The Kier molecular flexibility index (Phi) is 4.20. The van der Waals surface area contributed by atoms with Gasteiger partial charge in [0.25, 0.3) is 0 Å². The fourth-order valence-corrected chi connectivity index (χ4v) is 2.60. The quantitative estimate of drug-likeness (QED) is 0.825. The smallest absolute Gasteiger partial charge is 0.338 e. The second-order valence-electron chi connectivity index (χ2n) is 6.10. The van der Waals surface area contributed by atoms with E-state index >= 15 is 0 Å². The highest BCUT2D eigenvalue weighted by Crippen LogP contribution is 2.35. The van der Waals surface area contributed by atoms with Gasteiger partial charge in [0.05, 0.1) is 12.2 Å². The molecule has 2 aromatic rings. The first-order chi connectivity index (χ1) is 11.5. The average molecular weight is 329 g/mol. The Labute approximate surface area is 139 Å². The molecule has 0 saturated carbocycles. The van der Waals surface area contributed by atoms with E-state index in [0.717, 1.165) is 0 Å². The molecule has 0 radical (unpaired) electrons. The third kappa shape index (κ3) is 2.94. The summed E-state index contributed by atoms with van der Waals surface area (Å²) in [4.78, 5) is 12.6. The van der Waals surface area contributed by atoms with Crippen LogP contribution in [0.3, 0.4) is 0 Å². The second-order valence-corrected chi connectivity index (χ2v) is 6.10. The van der Waals surface area contributed by atoms with Crippen LogP contribution in [-0.4, -0.2) is 37.9 Å². The number of carbonyl (C=O) groups is 1. The molecule has 0 saturated heterocycles. The summed E-state index contributed by atoms with van der Waals surface area (Å²) < 4.78 is 6.91. The minimum Gasteiger partial charge on any atom is -0.508 e. The monoisotopic (exact) mass is 329 g/mol. The number of phenolic OH excluding ortho intramolecular Hbond substituents is 1. The number of carbonyl (C=O) groups excluding carboxylic acids is 1. The number of anilines is 1. The summed E-state index contributed by atoms with van der Waals surface area (Å²) in [5, 5.41) is 24.4. The van der Waals surface area contributed by atoms with Gasteiger partial charge in [0.1, 0.15) is 11.8 Å². The van der Waals surface area contributed by atoms with Crippen LogP contribution in [0.4, 0.5) is 5.95 Å². The lowest BCUT2D eigenvalue weighted by Gasteiger charge is -2.27. The molecular weight excluding hydrogens is 310 g/mol. The highest BCUT2D eigenvalue weighted by Gasteiger charge is 2.35. The van der Waals surface area contributed by atoms with Crippen LogP contribution in [0.15, 0.2) is 35.5 Å². The number of hydrogen-bond donors (Lipinski definition) is 2. The van der Waals surface area contributed by atoms with E-state index in [1.807, 2.05) is 19.9 Å². The largest absolute Gasteiger partial charge is 0.508 e. The molecule has 126 valence electrons. The first kappa shape index (κ1) is 16.0. The molecule has 2 N–H and O–H groups in total. The van der Waals surface area contributed by atoms with Gasteiger partial charge >= 0.3 is 5.97 Å². The van der Waals surface area contributed by atoms with Crippen LogP contribution in [0.5, 0.6) is 5.75 Å². The van der Waals surface area contributed by atoms with Crippen molar-refractivity contribution in [3.8, 4) is 5.75 Å². The Balaban J connectivity index is 2.05. The number of ether oxygens (including phenoxy) is 1. The number of esters is 1. The number of rotatable bonds is 4. The lowest BCUT2D eigenvalue weighted by Crippen LogP contribution is -2.30. The number of aromatic nitrogens is 4. The fraction of sp³-hybridized carbons (Fsp3) is 0.375. The van der Waals surface area contributed by atoms with Crippen molar-refractivity contribution < 1.29 is 14.6 Å². The molecule has 0 bridgehead atoms. The number of benzene rings is 1. The van der Waals surface area contributed by atoms with Crippen LogP contribution in [0.25, 0.3) is 0 Å². The summed E-state index contributed by atoms with van der Waals surface area (Å²) in [7, 11) is 0. The zero-order valence-electron chi connectivity index (χ0n) is 13.7. The molecule has 0 aliphatic carbocycles. The predicted molar refractivity (Wildman–Crippen MR) is 86.2 cm³/mol. The van der Waals surface area contributed by atoms with Crippen LogP contribution in [0.2, 0.25) is 0 Å². The van der Waals surface area contributed by atoms with E-state index < -0.39 is 12.0 Å². The number of nitrogens with one attached hydrogen (secondary N) is 1.